The molecule has 1 heteroatoms. The molecule has 1 aliphatic rings. The monoisotopic (exact) mass is 177 g/mol. The van der Waals surface area contributed by atoms with Crippen LogP contribution in [0.2, 0.25) is 0 Å². The first-order valence-corrected chi connectivity index (χ1v) is 5.24. The fourth-order valence-corrected chi connectivity index (χ4v) is 1.62. The molecule has 0 fully saturated rings. The Morgan fingerprint density at radius 2 is 2.00 bits per heavy atom. The van der Waals surface area contributed by atoms with E-state index in [4.69, 9.17) is 0 Å². The Labute approximate surface area is 81.2 Å². The molecule has 1 nitrogen and oxygen atoms in total. The van der Waals surface area contributed by atoms with Crippen LogP contribution in [-0.4, -0.2) is 6.04 Å². The summed E-state index contributed by atoms with van der Waals surface area (Å²) in [5.41, 5.74) is 2.80. The van der Waals surface area contributed by atoms with Gasteiger partial charge in [-0.3, -0.25) is 0 Å². The minimum Gasteiger partial charge on any atom is -0.382 e. The number of benzene rings is 1. The summed E-state index contributed by atoms with van der Waals surface area (Å²) in [7, 11) is 0. The topological polar surface area (TPSA) is 12.0 Å². The SMILES string of the molecule is CC.CCC1Cc2ccccc2N1. The summed E-state index contributed by atoms with van der Waals surface area (Å²) in [6, 6.07) is 9.23. The van der Waals surface area contributed by atoms with Crippen LogP contribution in [0.25, 0.3) is 0 Å². The normalized spacial score (nSPS) is 18.2. The van der Waals surface area contributed by atoms with E-state index in [-0.39, 0.29) is 0 Å². The number of hydrogen-bond acceptors (Lipinski definition) is 1. The largest absolute Gasteiger partial charge is 0.382 e. The van der Waals surface area contributed by atoms with Crippen molar-refractivity contribution in [2.45, 2.75) is 39.7 Å². The van der Waals surface area contributed by atoms with Crippen LogP contribution in [0.5, 0.6) is 0 Å². The zero-order chi connectivity index (χ0) is 9.68. The molecule has 1 aliphatic heterocycles. The second-order valence-corrected chi connectivity index (χ2v) is 3.11. The number of nitrogens with one attached hydrogen (secondary N) is 1. The molecule has 13 heavy (non-hydrogen) atoms. The number of rotatable bonds is 1. The molecule has 0 radical (unpaired) electrons. The van der Waals surface area contributed by atoms with Gasteiger partial charge in [0.2, 0.25) is 0 Å². The maximum atomic E-state index is 3.48. The van der Waals surface area contributed by atoms with E-state index in [1.807, 2.05) is 13.8 Å². The zero-order valence-electron chi connectivity index (χ0n) is 8.80. The van der Waals surface area contributed by atoms with E-state index in [2.05, 4.69) is 36.5 Å². The summed E-state index contributed by atoms with van der Waals surface area (Å²) in [4.78, 5) is 0. The average molecular weight is 177 g/mol. The highest BCUT2D eigenvalue weighted by atomic mass is 14.9. The Hall–Kier alpha value is -0.980. The maximum absolute atomic E-state index is 3.48. The molecule has 1 atom stereocenters. The highest BCUT2D eigenvalue weighted by Crippen LogP contribution is 2.25. The van der Waals surface area contributed by atoms with E-state index in [9.17, 15) is 0 Å². The van der Waals surface area contributed by atoms with Crippen molar-refractivity contribution in [1.82, 2.24) is 0 Å². The fraction of sp³-hybridized carbons (Fsp3) is 0.500. The van der Waals surface area contributed by atoms with Gasteiger partial charge in [0.1, 0.15) is 0 Å². The second-order valence-electron chi connectivity index (χ2n) is 3.11. The molecule has 1 heterocycles. The number of fused-ring (bicyclic) bond motifs is 1. The molecule has 0 spiro atoms. The number of hydrogen-bond donors (Lipinski definition) is 1. The van der Waals surface area contributed by atoms with E-state index in [1.165, 1.54) is 24.1 Å². The summed E-state index contributed by atoms with van der Waals surface area (Å²) in [5.74, 6) is 0. The van der Waals surface area contributed by atoms with Crippen LogP contribution in [0.15, 0.2) is 24.3 Å². The zero-order valence-corrected chi connectivity index (χ0v) is 8.80. The molecule has 0 saturated carbocycles. The molecule has 0 aliphatic carbocycles. The van der Waals surface area contributed by atoms with Crippen LogP contribution < -0.4 is 5.32 Å². The summed E-state index contributed by atoms with van der Waals surface area (Å²) >= 11 is 0. The molecule has 1 aromatic rings. The third-order valence-corrected chi connectivity index (χ3v) is 2.34. The fourth-order valence-electron chi connectivity index (χ4n) is 1.62. The van der Waals surface area contributed by atoms with Crippen LogP contribution in [0, 0.1) is 0 Å². The van der Waals surface area contributed by atoms with Gasteiger partial charge in [-0.05, 0) is 24.5 Å². The molecule has 0 bridgehead atoms. The van der Waals surface area contributed by atoms with Gasteiger partial charge < -0.3 is 5.32 Å². The highest BCUT2D eigenvalue weighted by Gasteiger charge is 2.17. The highest BCUT2D eigenvalue weighted by molar-refractivity contribution is 5.56. The molecular formula is C12H19N. The van der Waals surface area contributed by atoms with E-state index >= 15 is 0 Å². The van der Waals surface area contributed by atoms with Crippen molar-refractivity contribution in [3.63, 3.8) is 0 Å². The van der Waals surface area contributed by atoms with E-state index in [1.54, 1.807) is 0 Å². The quantitative estimate of drug-likeness (QED) is 0.692. The third-order valence-electron chi connectivity index (χ3n) is 2.34. The lowest BCUT2D eigenvalue weighted by molar-refractivity contribution is 0.723. The van der Waals surface area contributed by atoms with Gasteiger partial charge >= 0.3 is 0 Å². The van der Waals surface area contributed by atoms with Gasteiger partial charge in [0, 0.05) is 11.7 Å². The van der Waals surface area contributed by atoms with Crippen LogP contribution >= 0.6 is 0 Å². The van der Waals surface area contributed by atoms with Gasteiger partial charge in [-0.2, -0.15) is 0 Å². The second kappa shape index (κ2) is 4.90. The summed E-state index contributed by atoms with van der Waals surface area (Å²) in [6.07, 6.45) is 2.42. The Balaban J connectivity index is 0.000000396. The molecule has 2 rings (SSSR count). The lowest BCUT2D eigenvalue weighted by Crippen LogP contribution is -2.12. The first-order valence-electron chi connectivity index (χ1n) is 5.24. The van der Waals surface area contributed by atoms with E-state index in [0.717, 1.165) is 0 Å². The van der Waals surface area contributed by atoms with Crippen molar-refractivity contribution in [3.05, 3.63) is 29.8 Å². The van der Waals surface area contributed by atoms with Crippen LogP contribution in [0.3, 0.4) is 0 Å². The van der Waals surface area contributed by atoms with Crippen molar-refractivity contribution in [2.75, 3.05) is 5.32 Å². The molecule has 1 N–H and O–H groups in total. The van der Waals surface area contributed by atoms with Gasteiger partial charge in [-0.1, -0.05) is 39.0 Å². The van der Waals surface area contributed by atoms with Crippen LogP contribution in [0.4, 0.5) is 5.69 Å². The van der Waals surface area contributed by atoms with E-state index < -0.39 is 0 Å². The first-order chi connectivity index (χ1) is 6.40. The Morgan fingerprint density at radius 3 is 2.62 bits per heavy atom. The summed E-state index contributed by atoms with van der Waals surface area (Å²) in [6.45, 7) is 6.23. The lowest BCUT2D eigenvalue weighted by atomic mass is 10.1. The van der Waals surface area contributed by atoms with E-state index in [0.29, 0.717) is 6.04 Å². The predicted molar refractivity (Wildman–Crippen MR) is 59.2 cm³/mol. The minimum absolute atomic E-state index is 0.674. The first kappa shape index (κ1) is 10.1. The van der Waals surface area contributed by atoms with Crippen molar-refractivity contribution < 1.29 is 0 Å². The van der Waals surface area contributed by atoms with Crippen molar-refractivity contribution in [3.8, 4) is 0 Å². The molecule has 0 amide bonds. The summed E-state index contributed by atoms with van der Waals surface area (Å²) in [5, 5.41) is 3.48. The van der Waals surface area contributed by atoms with Gasteiger partial charge in [-0.15, -0.1) is 0 Å². The van der Waals surface area contributed by atoms with Gasteiger partial charge in [-0.25, -0.2) is 0 Å². The predicted octanol–water partition coefficient (Wildman–Crippen LogP) is 3.46. The smallest absolute Gasteiger partial charge is 0.0375 e. The molecular weight excluding hydrogens is 158 g/mol. The molecule has 1 aromatic carbocycles. The summed E-state index contributed by atoms with van der Waals surface area (Å²) < 4.78 is 0. The Kier molecular flexibility index (Phi) is 3.81. The third kappa shape index (κ3) is 2.24. The molecule has 72 valence electrons. The molecule has 1 unspecified atom stereocenters. The van der Waals surface area contributed by atoms with Gasteiger partial charge in [0.15, 0.2) is 0 Å². The van der Waals surface area contributed by atoms with Crippen molar-refractivity contribution in [1.29, 1.82) is 0 Å². The number of para-hydroxylation sites is 1. The molecule has 0 aromatic heterocycles. The van der Waals surface area contributed by atoms with Gasteiger partial charge in [0.25, 0.3) is 0 Å². The van der Waals surface area contributed by atoms with Gasteiger partial charge in [0.05, 0.1) is 0 Å². The van der Waals surface area contributed by atoms with Crippen molar-refractivity contribution >= 4 is 5.69 Å². The standard InChI is InChI=1S/C10H13N.C2H6/c1-2-9-7-8-5-3-4-6-10(8)11-9;1-2/h3-6,9,11H,2,7H2,1H3;1-2H3. The maximum Gasteiger partial charge on any atom is 0.0375 e. The molecule has 0 saturated heterocycles. The van der Waals surface area contributed by atoms with Crippen molar-refractivity contribution in [2.24, 2.45) is 0 Å². The Morgan fingerprint density at radius 1 is 1.31 bits per heavy atom. The number of anilines is 1. The Bertz CT molecular complexity index is 230. The minimum atomic E-state index is 0.674. The average Bonchev–Trinajstić information content (AvgIpc) is 2.63. The lowest BCUT2D eigenvalue weighted by Gasteiger charge is -2.05. The van der Waals surface area contributed by atoms with Crippen LogP contribution in [-0.2, 0) is 6.42 Å². The van der Waals surface area contributed by atoms with Crippen LogP contribution in [0.1, 0.15) is 32.8 Å².